The second-order valence-corrected chi connectivity index (χ2v) is 4.79. The normalized spacial score (nSPS) is 11.4. The number of aromatic hydroxyl groups is 1. The Morgan fingerprint density at radius 1 is 1.13 bits per heavy atom. The summed E-state index contributed by atoms with van der Waals surface area (Å²) < 4.78 is 10.0. The van der Waals surface area contributed by atoms with E-state index in [1.165, 1.54) is 32.2 Å². The summed E-state index contributed by atoms with van der Waals surface area (Å²) in [6.45, 7) is 1.46. The average Bonchev–Trinajstić information content (AvgIpc) is 2.55. The number of phenols is 1. The van der Waals surface area contributed by atoms with Crippen LogP contribution in [0, 0.1) is 0 Å². The van der Waals surface area contributed by atoms with Gasteiger partial charge in [0.1, 0.15) is 17.1 Å². The molecule has 120 valence electrons. The first-order valence-corrected chi connectivity index (χ1v) is 6.95. The molecular formula is C17H17NO5. The van der Waals surface area contributed by atoms with Gasteiger partial charge in [0, 0.05) is 11.8 Å². The van der Waals surface area contributed by atoms with E-state index in [9.17, 15) is 14.7 Å². The first-order valence-electron chi connectivity index (χ1n) is 6.95. The minimum absolute atomic E-state index is 0.0369. The Kier molecular flexibility index (Phi) is 5.19. The maximum atomic E-state index is 12.0. The predicted molar refractivity (Wildman–Crippen MR) is 84.6 cm³/mol. The minimum atomic E-state index is -1.01. The van der Waals surface area contributed by atoms with E-state index >= 15 is 0 Å². The van der Waals surface area contributed by atoms with Gasteiger partial charge in [-0.25, -0.2) is 4.79 Å². The van der Waals surface area contributed by atoms with Crippen molar-refractivity contribution >= 4 is 17.6 Å². The second-order valence-electron chi connectivity index (χ2n) is 4.79. The zero-order valence-corrected chi connectivity index (χ0v) is 12.8. The van der Waals surface area contributed by atoms with Gasteiger partial charge in [0.05, 0.1) is 7.11 Å². The number of hydrogen-bond acceptors (Lipinski definition) is 5. The highest BCUT2D eigenvalue weighted by atomic mass is 16.5. The van der Waals surface area contributed by atoms with Gasteiger partial charge in [0.15, 0.2) is 6.10 Å². The van der Waals surface area contributed by atoms with Crippen molar-refractivity contribution in [1.29, 1.82) is 0 Å². The molecule has 0 unspecified atom stereocenters. The van der Waals surface area contributed by atoms with Crippen LogP contribution in [0.4, 0.5) is 5.69 Å². The van der Waals surface area contributed by atoms with Crippen LogP contribution in [0.1, 0.15) is 17.3 Å². The van der Waals surface area contributed by atoms with Crippen LogP contribution < -0.4 is 10.1 Å². The smallest absolute Gasteiger partial charge is 0.342 e. The molecule has 0 heterocycles. The minimum Gasteiger partial charge on any atom is -0.507 e. The first kappa shape index (κ1) is 16.4. The molecule has 0 spiro atoms. The van der Waals surface area contributed by atoms with Crippen molar-refractivity contribution in [2.45, 2.75) is 13.0 Å². The largest absolute Gasteiger partial charge is 0.507 e. The molecular weight excluding hydrogens is 298 g/mol. The molecule has 0 saturated heterocycles. The Balaban J connectivity index is 2.00. The molecule has 6 heteroatoms. The van der Waals surface area contributed by atoms with E-state index in [1.54, 1.807) is 24.3 Å². The number of esters is 1. The lowest BCUT2D eigenvalue weighted by molar-refractivity contribution is -0.123. The zero-order chi connectivity index (χ0) is 16.8. The van der Waals surface area contributed by atoms with Gasteiger partial charge in [-0.2, -0.15) is 0 Å². The number of carbonyl (C=O) groups is 2. The monoisotopic (exact) mass is 315 g/mol. The van der Waals surface area contributed by atoms with Crippen molar-refractivity contribution in [3.63, 3.8) is 0 Å². The number of carbonyl (C=O) groups excluding carboxylic acids is 2. The Morgan fingerprint density at radius 2 is 1.83 bits per heavy atom. The number of ether oxygens (including phenoxy) is 2. The van der Waals surface area contributed by atoms with Crippen LogP contribution in [0.25, 0.3) is 0 Å². The summed E-state index contributed by atoms with van der Waals surface area (Å²) in [4.78, 5) is 24.0. The molecule has 0 bridgehead atoms. The summed E-state index contributed by atoms with van der Waals surface area (Å²) >= 11 is 0. The van der Waals surface area contributed by atoms with E-state index in [0.717, 1.165) is 0 Å². The lowest BCUT2D eigenvalue weighted by Gasteiger charge is -2.14. The molecule has 2 rings (SSSR count). The van der Waals surface area contributed by atoms with E-state index < -0.39 is 18.0 Å². The fourth-order valence-corrected chi connectivity index (χ4v) is 1.85. The molecule has 2 aromatic rings. The quantitative estimate of drug-likeness (QED) is 0.828. The fraction of sp³-hybridized carbons (Fsp3) is 0.176. The van der Waals surface area contributed by atoms with Crippen molar-refractivity contribution in [2.75, 3.05) is 12.4 Å². The van der Waals surface area contributed by atoms with Crippen molar-refractivity contribution < 1.29 is 24.2 Å². The summed E-state index contributed by atoms with van der Waals surface area (Å²) in [5.41, 5.74) is 0.567. The third kappa shape index (κ3) is 4.23. The molecule has 0 saturated carbocycles. The summed E-state index contributed by atoms with van der Waals surface area (Å²) in [7, 11) is 1.45. The number of amides is 1. The Hall–Kier alpha value is -3.02. The van der Waals surface area contributed by atoms with Gasteiger partial charge in [-0.05, 0) is 31.2 Å². The predicted octanol–water partition coefficient (Wildman–Crippen LogP) is 2.58. The van der Waals surface area contributed by atoms with Gasteiger partial charge in [-0.1, -0.05) is 18.2 Å². The number of phenolic OH excluding ortho intramolecular Hbond substituents is 1. The Labute approximate surface area is 133 Å². The van der Waals surface area contributed by atoms with Gasteiger partial charge in [-0.15, -0.1) is 0 Å². The van der Waals surface area contributed by atoms with E-state index in [4.69, 9.17) is 9.47 Å². The second kappa shape index (κ2) is 7.31. The topological polar surface area (TPSA) is 84.9 Å². The molecule has 2 aromatic carbocycles. The van der Waals surface area contributed by atoms with Crippen LogP contribution in [0.3, 0.4) is 0 Å². The van der Waals surface area contributed by atoms with Crippen molar-refractivity contribution in [2.24, 2.45) is 0 Å². The van der Waals surface area contributed by atoms with E-state index in [1.807, 2.05) is 6.07 Å². The zero-order valence-electron chi connectivity index (χ0n) is 12.8. The lowest BCUT2D eigenvalue weighted by Crippen LogP contribution is -2.30. The molecule has 0 aliphatic heterocycles. The summed E-state index contributed by atoms with van der Waals surface area (Å²) in [6, 6.07) is 13.0. The van der Waals surface area contributed by atoms with Crippen LogP contribution in [-0.2, 0) is 9.53 Å². The molecule has 23 heavy (non-hydrogen) atoms. The molecule has 0 aliphatic rings. The van der Waals surface area contributed by atoms with Gasteiger partial charge < -0.3 is 19.9 Å². The number of hydrogen-bond donors (Lipinski definition) is 2. The molecule has 0 aromatic heterocycles. The van der Waals surface area contributed by atoms with Crippen LogP contribution >= 0.6 is 0 Å². The number of para-hydroxylation sites is 1. The molecule has 1 atom stereocenters. The van der Waals surface area contributed by atoms with E-state index in [2.05, 4.69) is 5.32 Å². The van der Waals surface area contributed by atoms with Gasteiger partial charge in [0.25, 0.3) is 5.91 Å². The number of rotatable bonds is 5. The molecule has 6 nitrogen and oxygen atoms in total. The highest BCUT2D eigenvalue weighted by Gasteiger charge is 2.21. The highest BCUT2D eigenvalue weighted by Crippen LogP contribution is 2.24. The molecule has 0 aliphatic carbocycles. The van der Waals surface area contributed by atoms with Gasteiger partial charge >= 0.3 is 5.97 Å². The maximum Gasteiger partial charge on any atom is 0.342 e. The SMILES string of the molecule is COc1ccc(C(=O)O[C@@H](C)C(=O)Nc2ccccc2)c(O)c1. The molecule has 2 N–H and O–H groups in total. The van der Waals surface area contributed by atoms with Crippen molar-refractivity contribution in [3.05, 3.63) is 54.1 Å². The van der Waals surface area contributed by atoms with Crippen LogP contribution in [0.2, 0.25) is 0 Å². The van der Waals surface area contributed by atoms with Crippen molar-refractivity contribution in [1.82, 2.24) is 0 Å². The van der Waals surface area contributed by atoms with Gasteiger partial charge in [0.2, 0.25) is 0 Å². The Morgan fingerprint density at radius 3 is 2.43 bits per heavy atom. The average molecular weight is 315 g/mol. The standard InChI is InChI=1S/C17H17NO5/c1-11(16(20)18-12-6-4-3-5-7-12)23-17(21)14-9-8-13(22-2)10-15(14)19/h3-11,19H,1-2H3,(H,18,20)/t11-/m0/s1. The third-order valence-corrected chi connectivity index (χ3v) is 3.12. The van der Waals surface area contributed by atoms with Crippen LogP contribution in [0.5, 0.6) is 11.5 Å². The van der Waals surface area contributed by atoms with E-state index in [0.29, 0.717) is 11.4 Å². The third-order valence-electron chi connectivity index (χ3n) is 3.12. The summed E-state index contributed by atoms with van der Waals surface area (Å²) in [5.74, 6) is -1.11. The van der Waals surface area contributed by atoms with Crippen LogP contribution in [-0.4, -0.2) is 30.2 Å². The first-order chi connectivity index (χ1) is 11.0. The van der Waals surface area contributed by atoms with Gasteiger partial charge in [-0.3, -0.25) is 4.79 Å². The lowest BCUT2D eigenvalue weighted by atomic mass is 10.2. The molecule has 0 fully saturated rings. The van der Waals surface area contributed by atoms with Crippen LogP contribution in [0.15, 0.2) is 48.5 Å². The molecule has 1 amide bonds. The number of anilines is 1. The Bertz CT molecular complexity index is 699. The molecule has 0 radical (unpaired) electrons. The number of nitrogens with one attached hydrogen (secondary N) is 1. The fourth-order valence-electron chi connectivity index (χ4n) is 1.85. The van der Waals surface area contributed by atoms with E-state index in [-0.39, 0.29) is 11.3 Å². The number of methoxy groups -OCH3 is 1. The summed E-state index contributed by atoms with van der Waals surface area (Å²) in [5, 5.41) is 12.4. The summed E-state index contributed by atoms with van der Waals surface area (Å²) in [6.07, 6.45) is -1.01. The maximum absolute atomic E-state index is 12.0. The highest BCUT2D eigenvalue weighted by molar-refractivity contribution is 5.98. The van der Waals surface area contributed by atoms with Crippen molar-refractivity contribution in [3.8, 4) is 11.5 Å². The number of benzene rings is 2.